The summed E-state index contributed by atoms with van der Waals surface area (Å²) in [6.07, 6.45) is 2.48. The normalized spacial score (nSPS) is 11.2. The second-order valence-electron chi connectivity index (χ2n) is 5.48. The van der Waals surface area contributed by atoms with Crippen LogP contribution >= 0.6 is 15.9 Å². The number of pyridine rings is 1. The van der Waals surface area contributed by atoms with Crippen molar-refractivity contribution in [1.82, 2.24) is 4.98 Å². The number of rotatable bonds is 6. The molecule has 0 saturated carbocycles. The SMILES string of the molecule is CCC(=O)N(Cc1ccc(Br)c([N+](=O)[O-])c1)c1cccnc1S(C)(=O)=O. The molecule has 2 aromatic rings. The zero-order chi connectivity index (χ0) is 19.5. The van der Waals surface area contributed by atoms with Crippen molar-refractivity contribution in [2.45, 2.75) is 24.9 Å². The molecule has 0 aliphatic carbocycles. The van der Waals surface area contributed by atoms with Gasteiger partial charge in [0.25, 0.3) is 5.69 Å². The van der Waals surface area contributed by atoms with E-state index in [0.717, 1.165) is 6.26 Å². The quantitative estimate of drug-likeness (QED) is 0.502. The molecule has 0 spiro atoms. The molecule has 0 unspecified atom stereocenters. The van der Waals surface area contributed by atoms with E-state index in [1.54, 1.807) is 13.0 Å². The van der Waals surface area contributed by atoms with Gasteiger partial charge in [-0.2, -0.15) is 0 Å². The van der Waals surface area contributed by atoms with Crippen LogP contribution in [0, 0.1) is 10.1 Å². The van der Waals surface area contributed by atoms with Crippen LogP contribution in [0.1, 0.15) is 18.9 Å². The maximum absolute atomic E-state index is 12.4. The summed E-state index contributed by atoms with van der Waals surface area (Å²) in [5.74, 6) is -0.325. The Balaban J connectivity index is 2.54. The van der Waals surface area contributed by atoms with Gasteiger partial charge in [0, 0.05) is 24.9 Å². The van der Waals surface area contributed by atoms with E-state index in [0.29, 0.717) is 10.0 Å². The lowest BCUT2D eigenvalue weighted by atomic mass is 10.1. The minimum atomic E-state index is -3.66. The van der Waals surface area contributed by atoms with Crippen LogP contribution in [0.4, 0.5) is 11.4 Å². The average molecular weight is 442 g/mol. The first kappa shape index (κ1) is 20.0. The van der Waals surface area contributed by atoms with Gasteiger partial charge in [-0.25, -0.2) is 13.4 Å². The molecule has 0 fully saturated rings. The molecule has 0 atom stereocenters. The largest absolute Gasteiger partial charge is 0.305 e. The van der Waals surface area contributed by atoms with Gasteiger partial charge in [0.1, 0.15) is 0 Å². The molecule has 1 heterocycles. The zero-order valence-corrected chi connectivity index (χ0v) is 16.4. The molecule has 0 bridgehead atoms. The van der Waals surface area contributed by atoms with Gasteiger partial charge in [0.05, 0.1) is 21.6 Å². The lowest BCUT2D eigenvalue weighted by Crippen LogP contribution is -2.31. The summed E-state index contributed by atoms with van der Waals surface area (Å²) in [5.41, 5.74) is 0.498. The van der Waals surface area contributed by atoms with Crippen molar-refractivity contribution in [1.29, 1.82) is 0 Å². The molecular formula is C16H16BrN3O5S. The van der Waals surface area contributed by atoms with Crippen molar-refractivity contribution in [2.24, 2.45) is 0 Å². The number of carbonyl (C=O) groups is 1. The van der Waals surface area contributed by atoms with Crippen molar-refractivity contribution in [3.05, 3.63) is 56.7 Å². The third-order valence-electron chi connectivity index (χ3n) is 3.54. The number of carbonyl (C=O) groups excluding carboxylic acids is 1. The maximum atomic E-state index is 12.4. The van der Waals surface area contributed by atoms with Gasteiger partial charge in [-0.3, -0.25) is 14.9 Å². The minimum Gasteiger partial charge on any atom is -0.305 e. The fourth-order valence-electron chi connectivity index (χ4n) is 2.35. The summed E-state index contributed by atoms with van der Waals surface area (Å²) >= 11 is 3.11. The highest BCUT2D eigenvalue weighted by Crippen LogP contribution is 2.29. The highest BCUT2D eigenvalue weighted by molar-refractivity contribution is 9.10. The van der Waals surface area contributed by atoms with Gasteiger partial charge in [-0.1, -0.05) is 13.0 Å². The number of amides is 1. The molecule has 0 aliphatic rings. The van der Waals surface area contributed by atoms with Gasteiger partial charge in [-0.15, -0.1) is 0 Å². The molecule has 0 aliphatic heterocycles. The monoisotopic (exact) mass is 441 g/mol. The van der Waals surface area contributed by atoms with Crippen LogP contribution in [0.25, 0.3) is 0 Å². The second-order valence-corrected chi connectivity index (χ2v) is 8.26. The van der Waals surface area contributed by atoms with Gasteiger partial charge in [0.2, 0.25) is 5.91 Å². The second kappa shape index (κ2) is 7.92. The Morgan fingerprint density at radius 2 is 2.04 bits per heavy atom. The van der Waals surface area contributed by atoms with E-state index in [4.69, 9.17) is 0 Å². The maximum Gasteiger partial charge on any atom is 0.283 e. The summed E-state index contributed by atoms with van der Waals surface area (Å²) in [6, 6.07) is 7.51. The lowest BCUT2D eigenvalue weighted by molar-refractivity contribution is -0.385. The molecule has 2 rings (SSSR count). The predicted octanol–water partition coefficient (Wildman–Crippen LogP) is 3.10. The molecule has 0 saturated heterocycles. The van der Waals surface area contributed by atoms with Gasteiger partial charge >= 0.3 is 0 Å². The summed E-state index contributed by atoms with van der Waals surface area (Å²) in [7, 11) is -3.66. The highest BCUT2D eigenvalue weighted by Gasteiger charge is 2.24. The Hall–Kier alpha value is -2.33. The van der Waals surface area contributed by atoms with Crippen LogP contribution in [0.2, 0.25) is 0 Å². The molecular weight excluding hydrogens is 426 g/mol. The number of aromatic nitrogens is 1. The third-order valence-corrected chi connectivity index (χ3v) is 5.23. The Bertz CT molecular complexity index is 962. The van der Waals surface area contributed by atoms with E-state index in [9.17, 15) is 23.3 Å². The molecule has 10 heteroatoms. The topological polar surface area (TPSA) is 110 Å². The Labute approximate surface area is 159 Å². The summed E-state index contributed by atoms with van der Waals surface area (Å²) in [4.78, 5) is 28.2. The van der Waals surface area contributed by atoms with Crippen molar-refractivity contribution in [3.8, 4) is 0 Å². The number of sulfone groups is 1. The van der Waals surface area contributed by atoms with E-state index in [1.807, 2.05) is 0 Å². The first-order valence-electron chi connectivity index (χ1n) is 7.53. The molecule has 8 nitrogen and oxygen atoms in total. The van der Waals surface area contributed by atoms with Crippen LogP contribution in [0.3, 0.4) is 0 Å². The van der Waals surface area contributed by atoms with Crippen molar-refractivity contribution in [2.75, 3.05) is 11.2 Å². The molecule has 138 valence electrons. The zero-order valence-electron chi connectivity index (χ0n) is 14.0. The Kier molecular flexibility index (Phi) is 6.09. The van der Waals surface area contributed by atoms with Crippen molar-refractivity contribution >= 4 is 43.0 Å². The van der Waals surface area contributed by atoms with E-state index in [2.05, 4.69) is 20.9 Å². The van der Waals surface area contributed by atoms with Crippen molar-refractivity contribution in [3.63, 3.8) is 0 Å². The Morgan fingerprint density at radius 1 is 1.35 bits per heavy atom. The third kappa shape index (κ3) is 4.44. The van der Waals surface area contributed by atoms with Crippen LogP contribution in [-0.4, -0.2) is 30.5 Å². The predicted molar refractivity (Wildman–Crippen MR) is 99.6 cm³/mol. The molecule has 1 aromatic heterocycles. The van der Waals surface area contributed by atoms with Gasteiger partial charge in [0.15, 0.2) is 14.9 Å². The fraction of sp³-hybridized carbons (Fsp3) is 0.250. The number of nitrogens with zero attached hydrogens (tertiary/aromatic N) is 3. The van der Waals surface area contributed by atoms with E-state index >= 15 is 0 Å². The number of nitro benzene ring substituents is 1. The summed E-state index contributed by atoms with van der Waals surface area (Å²) < 4.78 is 24.3. The average Bonchev–Trinajstić information content (AvgIpc) is 2.59. The van der Waals surface area contributed by atoms with Crippen LogP contribution in [0.15, 0.2) is 46.0 Å². The van der Waals surface area contributed by atoms with Gasteiger partial charge in [-0.05, 0) is 39.7 Å². The number of hydrogen-bond acceptors (Lipinski definition) is 6. The summed E-state index contributed by atoms with van der Waals surface area (Å²) in [6.45, 7) is 1.63. The van der Waals surface area contributed by atoms with Gasteiger partial charge < -0.3 is 4.90 Å². The highest BCUT2D eigenvalue weighted by atomic mass is 79.9. The van der Waals surface area contributed by atoms with E-state index in [-0.39, 0.29) is 35.3 Å². The number of nitro groups is 1. The summed E-state index contributed by atoms with van der Waals surface area (Å²) in [5, 5.41) is 10.9. The number of hydrogen-bond donors (Lipinski definition) is 0. The van der Waals surface area contributed by atoms with Crippen molar-refractivity contribution < 1.29 is 18.1 Å². The minimum absolute atomic E-state index is 0.0188. The lowest BCUT2D eigenvalue weighted by Gasteiger charge is -2.24. The van der Waals surface area contributed by atoms with Crippen LogP contribution in [0.5, 0.6) is 0 Å². The fourth-order valence-corrected chi connectivity index (χ4v) is 3.55. The number of anilines is 1. The first-order chi connectivity index (χ1) is 12.1. The standard InChI is InChI=1S/C16H16BrN3O5S/c1-3-15(21)19(13-5-4-8-18-16(13)26(2,24)25)10-11-6-7-12(17)14(9-11)20(22)23/h4-9H,3,10H2,1-2H3. The number of benzene rings is 1. The molecule has 26 heavy (non-hydrogen) atoms. The smallest absolute Gasteiger partial charge is 0.283 e. The van der Waals surface area contributed by atoms with Crippen LogP contribution < -0.4 is 4.90 Å². The van der Waals surface area contributed by atoms with E-state index < -0.39 is 14.8 Å². The van der Waals surface area contributed by atoms with E-state index in [1.165, 1.54) is 35.4 Å². The molecule has 0 radical (unpaired) electrons. The Morgan fingerprint density at radius 3 is 2.62 bits per heavy atom. The molecule has 1 aromatic carbocycles. The molecule has 1 amide bonds. The first-order valence-corrected chi connectivity index (χ1v) is 10.2. The number of halogens is 1. The molecule has 0 N–H and O–H groups in total. The van der Waals surface area contributed by atoms with Crippen LogP contribution in [-0.2, 0) is 21.2 Å².